The quantitative estimate of drug-likeness (QED) is 0.516. The molecule has 1 amide bonds. The summed E-state index contributed by atoms with van der Waals surface area (Å²) in [4.78, 5) is 23.0. The molecule has 0 saturated carbocycles. The second-order valence-corrected chi connectivity index (χ2v) is 9.20. The Labute approximate surface area is 190 Å². The molecule has 1 aliphatic rings. The summed E-state index contributed by atoms with van der Waals surface area (Å²) in [6.07, 6.45) is 0.847. The number of nitrogens with one attached hydrogen (secondary N) is 1. The van der Waals surface area contributed by atoms with Gasteiger partial charge in [-0.05, 0) is 32.4 Å². The zero-order valence-corrected chi connectivity index (χ0v) is 19.7. The maximum Gasteiger partial charge on any atom is 0.261 e. The Hall–Kier alpha value is -2.91. The molecular weight excluding hydrogens is 430 g/mol. The molecule has 0 fully saturated rings. The van der Waals surface area contributed by atoms with Crippen LogP contribution in [0.15, 0.2) is 18.2 Å². The topological polar surface area (TPSA) is 91.8 Å². The number of amides is 1. The number of aryl methyl sites for hydroxylation is 1. The van der Waals surface area contributed by atoms with Gasteiger partial charge in [0.25, 0.3) is 5.91 Å². The molecule has 9 heteroatoms. The lowest BCUT2D eigenvalue weighted by Gasteiger charge is -2.18. The lowest BCUT2D eigenvalue weighted by atomic mass is 10.0. The average Bonchev–Trinajstić information content (AvgIpc) is 3.26. The molecule has 2 aromatic heterocycles. The molecule has 0 saturated heterocycles. The number of methoxy groups -OCH3 is 2. The van der Waals surface area contributed by atoms with E-state index in [4.69, 9.17) is 18.9 Å². The number of hydrogen-bond acceptors (Lipinski definition) is 8. The number of nitrogens with zero attached hydrogens (tertiary/aromatic N) is 2. The van der Waals surface area contributed by atoms with E-state index in [1.165, 1.54) is 11.3 Å². The normalized spacial score (nSPS) is 14.2. The Balaban J connectivity index is 1.42. The first-order valence-corrected chi connectivity index (χ1v) is 11.2. The number of ether oxygens (including phenoxy) is 4. The van der Waals surface area contributed by atoms with Crippen LogP contribution in [-0.4, -0.2) is 48.8 Å². The van der Waals surface area contributed by atoms with Crippen molar-refractivity contribution in [1.82, 2.24) is 15.3 Å². The Kier molecular flexibility index (Phi) is 6.21. The van der Waals surface area contributed by atoms with E-state index in [0.29, 0.717) is 40.3 Å². The molecule has 32 heavy (non-hydrogen) atoms. The van der Waals surface area contributed by atoms with E-state index >= 15 is 0 Å². The van der Waals surface area contributed by atoms with E-state index in [0.717, 1.165) is 28.7 Å². The van der Waals surface area contributed by atoms with Gasteiger partial charge in [-0.15, -0.1) is 11.3 Å². The van der Waals surface area contributed by atoms with E-state index in [1.54, 1.807) is 14.2 Å². The third kappa shape index (κ3) is 4.35. The zero-order chi connectivity index (χ0) is 22.9. The van der Waals surface area contributed by atoms with Crippen LogP contribution >= 0.6 is 11.3 Å². The fraction of sp³-hybridized carbons (Fsp3) is 0.435. The zero-order valence-electron chi connectivity index (χ0n) is 18.9. The number of benzene rings is 1. The van der Waals surface area contributed by atoms with Crippen molar-refractivity contribution in [2.75, 3.05) is 27.4 Å². The molecule has 1 N–H and O–H groups in total. The number of rotatable bonds is 8. The van der Waals surface area contributed by atoms with E-state index in [9.17, 15) is 4.79 Å². The SMILES string of the molecule is COCc1nc(OC)c2c(C)c(C(=O)NCCOc3cccc4c3OC(C)(C)C4)sc2n1. The molecule has 0 bridgehead atoms. The molecule has 3 aromatic rings. The lowest BCUT2D eigenvalue weighted by Crippen LogP contribution is -2.28. The van der Waals surface area contributed by atoms with Crippen LogP contribution in [0.1, 0.15) is 40.5 Å². The van der Waals surface area contributed by atoms with Crippen LogP contribution in [0, 0.1) is 6.92 Å². The van der Waals surface area contributed by atoms with Gasteiger partial charge in [0.2, 0.25) is 5.88 Å². The summed E-state index contributed by atoms with van der Waals surface area (Å²) in [6.45, 7) is 6.95. The van der Waals surface area contributed by atoms with Gasteiger partial charge in [-0.3, -0.25) is 4.79 Å². The molecular formula is C23H27N3O5S. The highest BCUT2D eigenvalue weighted by molar-refractivity contribution is 7.20. The summed E-state index contributed by atoms with van der Waals surface area (Å²) < 4.78 is 22.5. The highest BCUT2D eigenvalue weighted by Gasteiger charge is 2.32. The van der Waals surface area contributed by atoms with Gasteiger partial charge in [-0.2, -0.15) is 4.98 Å². The molecule has 0 unspecified atom stereocenters. The molecule has 0 aliphatic carbocycles. The number of aromatic nitrogens is 2. The number of para-hydroxylation sites is 1. The molecule has 0 spiro atoms. The summed E-state index contributed by atoms with van der Waals surface area (Å²) in [5, 5.41) is 3.67. The van der Waals surface area contributed by atoms with Gasteiger partial charge in [0, 0.05) is 19.1 Å². The maximum atomic E-state index is 12.8. The van der Waals surface area contributed by atoms with Crippen molar-refractivity contribution in [3.63, 3.8) is 0 Å². The third-order valence-corrected chi connectivity index (χ3v) is 6.36. The molecule has 3 heterocycles. The molecule has 0 atom stereocenters. The van der Waals surface area contributed by atoms with Gasteiger partial charge in [0.05, 0.1) is 23.9 Å². The minimum absolute atomic E-state index is 0.180. The predicted molar refractivity (Wildman–Crippen MR) is 122 cm³/mol. The van der Waals surface area contributed by atoms with Crippen LogP contribution < -0.4 is 19.5 Å². The lowest BCUT2D eigenvalue weighted by molar-refractivity contribution is 0.0950. The maximum absolute atomic E-state index is 12.8. The van der Waals surface area contributed by atoms with Crippen molar-refractivity contribution < 1.29 is 23.7 Å². The minimum atomic E-state index is -0.234. The standard InChI is InChI=1S/C23H27N3O5S/c1-13-17-21(29-5)25-16(12-28-4)26-22(17)32-19(13)20(27)24-9-10-30-15-8-6-7-14-11-23(2,3)31-18(14)15/h6-8H,9-12H2,1-5H3,(H,24,27). The number of carbonyl (C=O) groups is 1. The molecule has 170 valence electrons. The van der Waals surface area contributed by atoms with Gasteiger partial charge in [-0.1, -0.05) is 12.1 Å². The highest BCUT2D eigenvalue weighted by Crippen LogP contribution is 2.41. The van der Waals surface area contributed by atoms with Crippen molar-refractivity contribution >= 4 is 27.5 Å². The summed E-state index contributed by atoms with van der Waals surface area (Å²) in [5.74, 6) is 2.27. The Morgan fingerprint density at radius 3 is 2.84 bits per heavy atom. The van der Waals surface area contributed by atoms with Gasteiger partial charge in [0.15, 0.2) is 17.3 Å². The van der Waals surface area contributed by atoms with Crippen molar-refractivity contribution in [3.8, 4) is 17.4 Å². The second kappa shape index (κ2) is 8.91. The van der Waals surface area contributed by atoms with Crippen LogP contribution in [-0.2, 0) is 17.8 Å². The largest absolute Gasteiger partial charge is 0.488 e. The first-order chi connectivity index (χ1) is 15.3. The number of hydrogen-bond donors (Lipinski definition) is 1. The first kappa shape index (κ1) is 22.3. The monoisotopic (exact) mass is 457 g/mol. The number of fused-ring (bicyclic) bond motifs is 2. The van der Waals surface area contributed by atoms with Gasteiger partial charge >= 0.3 is 0 Å². The Morgan fingerprint density at radius 2 is 2.09 bits per heavy atom. The van der Waals surface area contributed by atoms with Crippen molar-refractivity contribution in [3.05, 3.63) is 40.0 Å². The highest BCUT2D eigenvalue weighted by atomic mass is 32.1. The predicted octanol–water partition coefficient (Wildman–Crippen LogP) is 3.68. The summed E-state index contributed by atoms with van der Waals surface area (Å²) in [5.41, 5.74) is 1.70. The van der Waals surface area contributed by atoms with Crippen LogP contribution in [0.25, 0.3) is 10.2 Å². The Morgan fingerprint density at radius 1 is 1.28 bits per heavy atom. The van der Waals surface area contributed by atoms with Crippen molar-refractivity contribution in [2.24, 2.45) is 0 Å². The van der Waals surface area contributed by atoms with Crippen molar-refractivity contribution in [2.45, 2.75) is 39.4 Å². The third-order valence-electron chi connectivity index (χ3n) is 5.18. The number of carbonyl (C=O) groups excluding carboxylic acids is 1. The fourth-order valence-electron chi connectivity index (χ4n) is 3.81. The molecule has 1 aromatic carbocycles. The van der Waals surface area contributed by atoms with Gasteiger partial charge < -0.3 is 24.3 Å². The van der Waals surface area contributed by atoms with E-state index < -0.39 is 0 Å². The van der Waals surface area contributed by atoms with Crippen LogP contribution in [0.5, 0.6) is 17.4 Å². The molecule has 0 radical (unpaired) electrons. The van der Waals surface area contributed by atoms with Crippen molar-refractivity contribution in [1.29, 1.82) is 0 Å². The summed E-state index contributed by atoms with van der Waals surface area (Å²) in [7, 11) is 3.13. The van der Waals surface area contributed by atoms with Gasteiger partial charge in [-0.25, -0.2) is 4.98 Å². The molecule has 4 rings (SSSR count). The van der Waals surface area contributed by atoms with E-state index in [1.807, 2.05) is 19.1 Å². The molecule has 8 nitrogen and oxygen atoms in total. The molecule has 1 aliphatic heterocycles. The number of thiophene rings is 1. The smallest absolute Gasteiger partial charge is 0.261 e. The van der Waals surface area contributed by atoms with E-state index in [2.05, 4.69) is 35.2 Å². The van der Waals surface area contributed by atoms with Crippen LogP contribution in [0.4, 0.5) is 0 Å². The summed E-state index contributed by atoms with van der Waals surface area (Å²) in [6, 6.07) is 5.91. The Bertz CT molecular complexity index is 1160. The summed E-state index contributed by atoms with van der Waals surface area (Å²) >= 11 is 1.31. The average molecular weight is 458 g/mol. The minimum Gasteiger partial charge on any atom is -0.488 e. The van der Waals surface area contributed by atoms with Gasteiger partial charge in [0.1, 0.15) is 23.6 Å². The fourth-order valence-corrected chi connectivity index (χ4v) is 4.92. The van der Waals surface area contributed by atoms with E-state index in [-0.39, 0.29) is 18.1 Å². The van der Waals surface area contributed by atoms with Crippen LogP contribution in [0.3, 0.4) is 0 Å². The first-order valence-electron chi connectivity index (χ1n) is 10.4. The van der Waals surface area contributed by atoms with Crippen LogP contribution in [0.2, 0.25) is 0 Å². The second-order valence-electron chi connectivity index (χ2n) is 8.21.